The van der Waals surface area contributed by atoms with Crippen LogP contribution in [0.4, 0.5) is 10.5 Å². The van der Waals surface area contributed by atoms with Gasteiger partial charge in [-0.05, 0) is 49.7 Å². The fraction of sp³-hybridized carbons (Fsp3) is 0.600. The Bertz CT molecular complexity index is 616. The van der Waals surface area contributed by atoms with Crippen LogP contribution in [0.5, 0.6) is 5.75 Å². The molecular weight excluding hydrogens is 346 g/mol. The second-order valence-corrected chi connectivity index (χ2v) is 7.11. The van der Waals surface area contributed by atoms with Gasteiger partial charge in [0.05, 0.1) is 5.92 Å². The van der Waals surface area contributed by atoms with Gasteiger partial charge in [-0.3, -0.25) is 4.79 Å². The van der Waals surface area contributed by atoms with Crippen LogP contribution in [-0.4, -0.2) is 66.2 Å². The Morgan fingerprint density at radius 2 is 1.89 bits per heavy atom. The number of benzene rings is 1. The number of amides is 2. The Balaban J connectivity index is 1.84. The number of rotatable bonds is 8. The Labute approximate surface area is 161 Å². The van der Waals surface area contributed by atoms with E-state index in [-0.39, 0.29) is 18.5 Å². The molecule has 1 aliphatic rings. The number of urea groups is 1. The fourth-order valence-corrected chi connectivity index (χ4v) is 3.37. The average Bonchev–Trinajstić information content (AvgIpc) is 2.66. The van der Waals surface area contributed by atoms with E-state index < -0.39 is 11.9 Å². The van der Waals surface area contributed by atoms with Gasteiger partial charge in [0.15, 0.2) is 0 Å². The smallest absolute Gasteiger partial charge is 0.321 e. The monoisotopic (exact) mass is 377 g/mol. The van der Waals surface area contributed by atoms with Crippen molar-refractivity contribution in [2.24, 2.45) is 11.8 Å². The van der Waals surface area contributed by atoms with Crippen molar-refractivity contribution in [3.05, 3.63) is 24.3 Å². The number of carbonyl (C=O) groups excluding carboxylic acids is 1. The number of hydrogen-bond acceptors (Lipinski definition) is 4. The minimum Gasteiger partial charge on any atom is -0.492 e. The second kappa shape index (κ2) is 10.2. The van der Waals surface area contributed by atoms with Crippen molar-refractivity contribution < 1.29 is 19.4 Å². The van der Waals surface area contributed by atoms with E-state index in [9.17, 15) is 14.7 Å². The van der Waals surface area contributed by atoms with Gasteiger partial charge >= 0.3 is 12.0 Å². The molecule has 0 radical (unpaired) electrons. The molecule has 2 unspecified atom stereocenters. The van der Waals surface area contributed by atoms with Crippen molar-refractivity contribution in [1.29, 1.82) is 0 Å². The number of ether oxygens (including phenoxy) is 1. The molecule has 2 N–H and O–H groups in total. The third-order valence-electron chi connectivity index (χ3n) is 4.97. The maximum absolute atomic E-state index is 12.5. The van der Waals surface area contributed by atoms with Crippen molar-refractivity contribution in [2.45, 2.75) is 27.2 Å². The molecule has 0 bridgehead atoms. The number of carboxylic acids is 1. The van der Waals surface area contributed by atoms with Crippen LogP contribution in [0.15, 0.2) is 24.3 Å². The van der Waals surface area contributed by atoms with Gasteiger partial charge in [0.1, 0.15) is 12.4 Å². The second-order valence-electron chi connectivity index (χ2n) is 7.11. The van der Waals surface area contributed by atoms with Crippen molar-refractivity contribution in [3.8, 4) is 5.75 Å². The van der Waals surface area contributed by atoms with E-state index in [4.69, 9.17) is 4.74 Å². The lowest BCUT2D eigenvalue weighted by Crippen LogP contribution is -2.47. The van der Waals surface area contributed by atoms with Crippen LogP contribution in [0.25, 0.3) is 0 Å². The summed E-state index contributed by atoms with van der Waals surface area (Å²) in [5, 5.41) is 12.1. The molecule has 0 spiro atoms. The number of anilines is 1. The van der Waals surface area contributed by atoms with Crippen LogP contribution in [0.2, 0.25) is 0 Å². The van der Waals surface area contributed by atoms with E-state index in [1.807, 2.05) is 19.1 Å². The summed E-state index contributed by atoms with van der Waals surface area (Å²) < 4.78 is 5.74. The standard InChI is InChI=1S/C20H31N3O4/c1-4-22(5-2)10-11-27-18-8-6-17(7-9-18)21-20(26)23-13-15(3)12-16(14-23)19(24)25/h6-9,15-16H,4-5,10-14H2,1-3H3,(H,21,26)(H,24,25). The summed E-state index contributed by atoms with van der Waals surface area (Å²) in [6.07, 6.45) is 0.610. The number of hydrogen-bond donors (Lipinski definition) is 2. The van der Waals surface area contributed by atoms with Gasteiger partial charge in [-0.25, -0.2) is 4.79 Å². The molecule has 1 aromatic carbocycles. The number of nitrogens with zero attached hydrogens (tertiary/aromatic N) is 2. The lowest BCUT2D eigenvalue weighted by atomic mass is 9.91. The van der Waals surface area contributed by atoms with E-state index in [1.54, 1.807) is 17.0 Å². The molecule has 1 aromatic rings. The fourth-order valence-electron chi connectivity index (χ4n) is 3.37. The molecule has 1 fully saturated rings. The number of carboxylic acid groups (broad SMARTS) is 1. The van der Waals surface area contributed by atoms with Gasteiger partial charge in [0.2, 0.25) is 0 Å². The van der Waals surface area contributed by atoms with Crippen molar-refractivity contribution in [1.82, 2.24) is 9.80 Å². The van der Waals surface area contributed by atoms with Crippen LogP contribution in [0.1, 0.15) is 27.2 Å². The molecule has 7 heteroatoms. The lowest BCUT2D eigenvalue weighted by Gasteiger charge is -2.34. The van der Waals surface area contributed by atoms with Crippen LogP contribution in [0.3, 0.4) is 0 Å². The van der Waals surface area contributed by atoms with Gasteiger partial charge in [-0.15, -0.1) is 0 Å². The Hall–Kier alpha value is -2.28. The van der Waals surface area contributed by atoms with Crippen molar-refractivity contribution >= 4 is 17.7 Å². The average molecular weight is 377 g/mol. The minimum absolute atomic E-state index is 0.173. The largest absolute Gasteiger partial charge is 0.492 e. The Morgan fingerprint density at radius 3 is 2.48 bits per heavy atom. The highest BCUT2D eigenvalue weighted by atomic mass is 16.5. The molecule has 1 heterocycles. The highest BCUT2D eigenvalue weighted by molar-refractivity contribution is 5.89. The summed E-state index contributed by atoms with van der Waals surface area (Å²) >= 11 is 0. The first-order valence-corrected chi connectivity index (χ1v) is 9.66. The molecule has 7 nitrogen and oxygen atoms in total. The number of likely N-dealkylation sites (N-methyl/N-ethyl adjacent to an activating group) is 1. The van der Waals surface area contributed by atoms with E-state index in [1.165, 1.54) is 0 Å². The van der Waals surface area contributed by atoms with E-state index >= 15 is 0 Å². The first-order chi connectivity index (χ1) is 12.9. The molecule has 2 rings (SSSR count). The number of carbonyl (C=O) groups is 2. The van der Waals surface area contributed by atoms with E-state index in [0.29, 0.717) is 25.3 Å². The molecular formula is C20H31N3O4. The Kier molecular flexibility index (Phi) is 7.91. The van der Waals surface area contributed by atoms with Crippen LogP contribution < -0.4 is 10.1 Å². The number of likely N-dealkylation sites (tertiary alicyclic amines) is 1. The molecule has 0 aromatic heterocycles. The van der Waals surface area contributed by atoms with Crippen LogP contribution in [-0.2, 0) is 4.79 Å². The molecule has 2 amide bonds. The van der Waals surface area contributed by atoms with Crippen LogP contribution in [0, 0.1) is 11.8 Å². The molecule has 0 saturated carbocycles. The number of piperidine rings is 1. The first kappa shape index (κ1) is 21.0. The lowest BCUT2D eigenvalue weighted by molar-refractivity contribution is -0.143. The number of aliphatic carboxylic acids is 1. The predicted octanol–water partition coefficient (Wildman–Crippen LogP) is 2.98. The summed E-state index contributed by atoms with van der Waals surface area (Å²) in [4.78, 5) is 27.6. The zero-order valence-corrected chi connectivity index (χ0v) is 16.5. The summed E-state index contributed by atoms with van der Waals surface area (Å²) in [6.45, 7) is 10.6. The van der Waals surface area contributed by atoms with Gasteiger partial charge in [-0.2, -0.15) is 0 Å². The van der Waals surface area contributed by atoms with E-state index in [0.717, 1.165) is 25.4 Å². The van der Waals surface area contributed by atoms with Gasteiger partial charge in [0.25, 0.3) is 0 Å². The number of nitrogens with one attached hydrogen (secondary N) is 1. The van der Waals surface area contributed by atoms with Crippen molar-refractivity contribution in [2.75, 3.05) is 44.6 Å². The minimum atomic E-state index is -0.842. The Morgan fingerprint density at radius 1 is 1.22 bits per heavy atom. The molecule has 0 aliphatic carbocycles. The third-order valence-corrected chi connectivity index (χ3v) is 4.97. The molecule has 1 saturated heterocycles. The first-order valence-electron chi connectivity index (χ1n) is 9.66. The zero-order valence-electron chi connectivity index (χ0n) is 16.5. The normalized spacial score (nSPS) is 19.8. The van der Waals surface area contributed by atoms with Gasteiger partial charge in [-0.1, -0.05) is 20.8 Å². The van der Waals surface area contributed by atoms with Gasteiger partial charge in [0, 0.05) is 25.3 Å². The quantitative estimate of drug-likeness (QED) is 0.728. The zero-order chi connectivity index (χ0) is 19.8. The van der Waals surface area contributed by atoms with Crippen LogP contribution >= 0.6 is 0 Å². The summed E-state index contributed by atoms with van der Waals surface area (Å²) in [7, 11) is 0. The maximum atomic E-state index is 12.5. The molecule has 150 valence electrons. The molecule has 27 heavy (non-hydrogen) atoms. The predicted molar refractivity (Wildman–Crippen MR) is 105 cm³/mol. The maximum Gasteiger partial charge on any atom is 0.321 e. The SMILES string of the molecule is CCN(CC)CCOc1ccc(NC(=O)N2CC(C)CC(C(=O)O)C2)cc1. The molecule has 1 aliphatic heterocycles. The highest BCUT2D eigenvalue weighted by Gasteiger charge is 2.31. The summed E-state index contributed by atoms with van der Waals surface area (Å²) in [6, 6.07) is 7.00. The summed E-state index contributed by atoms with van der Waals surface area (Å²) in [5.74, 6) is -0.406. The van der Waals surface area contributed by atoms with Crippen molar-refractivity contribution in [3.63, 3.8) is 0 Å². The molecule has 2 atom stereocenters. The third kappa shape index (κ3) is 6.43. The summed E-state index contributed by atoms with van der Waals surface area (Å²) in [5.41, 5.74) is 0.668. The van der Waals surface area contributed by atoms with E-state index in [2.05, 4.69) is 24.1 Å². The topological polar surface area (TPSA) is 82.1 Å². The highest BCUT2D eigenvalue weighted by Crippen LogP contribution is 2.23. The van der Waals surface area contributed by atoms with Gasteiger partial charge < -0.3 is 25.0 Å².